The van der Waals surface area contributed by atoms with E-state index in [1.54, 1.807) is 28.4 Å². The van der Waals surface area contributed by atoms with Crippen LogP contribution in [-0.4, -0.2) is 34.5 Å². The summed E-state index contributed by atoms with van der Waals surface area (Å²) in [4.78, 5) is 9.32. The number of ether oxygens (including phenoxy) is 4. The first-order valence-electron chi connectivity index (χ1n) is 31.5. The average Bonchev–Trinajstić information content (AvgIpc) is 0.935. The van der Waals surface area contributed by atoms with Crippen LogP contribution in [-0.2, 0) is 15.6 Å². The zero-order valence-corrected chi connectivity index (χ0v) is 54.3. The van der Waals surface area contributed by atoms with Gasteiger partial charge < -0.3 is 38.5 Å². The van der Waals surface area contributed by atoms with E-state index in [1.165, 1.54) is 11.1 Å². The van der Waals surface area contributed by atoms with Gasteiger partial charge in [-0.15, -0.1) is 0 Å². The molecule has 0 heterocycles. The Morgan fingerprint density at radius 2 is 0.489 bits per heavy atom. The molecule has 0 bridgehead atoms. The molecule has 0 saturated carbocycles. The Bertz CT molecular complexity index is 4240. The molecule has 12 rings (SSSR count). The normalized spacial score (nSPS) is 13.0. The SMILES string of the molecule is COC1=CCC(N(c2ccc(OC)cc2)c2ccc(-c3ccc(N(c4ccc(-c5ccc(N(c6ccc(-c7ccc(N(c8ccc(OC)cc8)c8ccc(OC)cc8)cc7)cc6)c6ccc(C(C)(C)C)cc6)cc5)cc4)c4ccc(C(C)(C)C)cc4)cc3)cc2)C=C1. The summed E-state index contributed by atoms with van der Waals surface area (Å²) in [6, 6.07) is 96.2. The van der Waals surface area contributed by atoms with Gasteiger partial charge in [0, 0.05) is 62.6 Å². The molecule has 1 unspecified atom stereocenters. The molecular weight excluding hydrogens is 1130 g/mol. The Balaban J connectivity index is 0.805. The largest absolute Gasteiger partial charge is 0.497 e. The highest BCUT2D eigenvalue weighted by Gasteiger charge is 2.23. The minimum Gasteiger partial charge on any atom is -0.497 e. The predicted molar refractivity (Wildman–Crippen MR) is 385 cm³/mol. The van der Waals surface area contributed by atoms with Crippen molar-refractivity contribution in [2.45, 2.75) is 64.8 Å². The smallest absolute Gasteiger partial charge is 0.119 e. The molecule has 8 heteroatoms. The van der Waals surface area contributed by atoms with Crippen LogP contribution in [0.5, 0.6) is 17.2 Å². The third-order valence-corrected chi connectivity index (χ3v) is 17.4. The molecule has 1 aliphatic rings. The minimum absolute atomic E-state index is 0.0233. The van der Waals surface area contributed by atoms with Gasteiger partial charge in [0.2, 0.25) is 0 Å². The molecule has 0 fully saturated rings. The van der Waals surface area contributed by atoms with Gasteiger partial charge in [0.25, 0.3) is 0 Å². The predicted octanol–water partition coefficient (Wildman–Crippen LogP) is 22.7. The van der Waals surface area contributed by atoms with Crippen LogP contribution in [0.25, 0.3) is 33.4 Å². The Morgan fingerprint density at radius 1 is 0.272 bits per heavy atom. The van der Waals surface area contributed by atoms with Gasteiger partial charge in [0.05, 0.1) is 34.5 Å². The summed E-state index contributed by atoms with van der Waals surface area (Å²) in [5.74, 6) is 3.33. The Hall–Kier alpha value is -10.7. The van der Waals surface area contributed by atoms with Crippen molar-refractivity contribution in [3.63, 3.8) is 0 Å². The summed E-state index contributed by atoms with van der Waals surface area (Å²) in [5, 5.41) is 0. The third-order valence-electron chi connectivity index (χ3n) is 17.4. The molecule has 0 N–H and O–H groups in total. The van der Waals surface area contributed by atoms with Gasteiger partial charge in [-0.3, -0.25) is 0 Å². The lowest BCUT2D eigenvalue weighted by atomic mass is 9.87. The van der Waals surface area contributed by atoms with Crippen LogP contribution < -0.4 is 33.8 Å². The van der Waals surface area contributed by atoms with Crippen LogP contribution in [0.3, 0.4) is 0 Å². The number of benzene rings is 11. The zero-order chi connectivity index (χ0) is 63.9. The third kappa shape index (κ3) is 13.6. The maximum atomic E-state index is 5.54. The highest BCUT2D eigenvalue weighted by Crippen LogP contribution is 2.43. The Morgan fingerprint density at radius 3 is 0.696 bits per heavy atom. The topological polar surface area (TPSA) is 49.9 Å². The monoisotopic (exact) mass is 1210 g/mol. The minimum atomic E-state index is 0.0233. The van der Waals surface area contributed by atoms with E-state index in [0.717, 1.165) is 125 Å². The molecule has 0 spiro atoms. The lowest BCUT2D eigenvalue weighted by Crippen LogP contribution is -2.30. The van der Waals surface area contributed by atoms with Crippen molar-refractivity contribution in [2.75, 3.05) is 48.0 Å². The van der Waals surface area contributed by atoms with Crippen molar-refractivity contribution in [3.8, 4) is 50.6 Å². The van der Waals surface area contributed by atoms with E-state index in [1.807, 2.05) is 36.4 Å². The van der Waals surface area contributed by atoms with Crippen molar-refractivity contribution in [3.05, 3.63) is 302 Å². The van der Waals surface area contributed by atoms with Crippen molar-refractivity contribution in [2.24, 2.45) is 0 Å². The van der Waals surface area contributed by atoms with E-state index in [-0.39, 0.29) is 16.9 Å². The summed E-state index contributed by atoms with van der Waals surface area (Å²) in [6.45, 7) is 13.6. The summed E-state index contributed by atoms with van der Waals surface area (Å²) < 4.78 is 22.0. The zero-order valence-electron chi connectivity index (χ0n) is 54.3. The number of nitrogens with zero attached hydrogens (tertiary/aromatic N) is 4. The standard InChI is InChI=1S/C84H80N4O4/c1-83(2,3)65-23-39-73(40-24-65)85(69-31-15-61(16-32-69)63-19-35-71(36-20-63)87(75-43-51-79(89-7)52-44-75)76-45-53-80(90-8)54-46-76)67-27-11-59(12-28-67)60-13-29-68(30-14-60)86(74-41-25-66(26-42-74)84(4,5)6)70-33-17-62(18-34-70)64-21-37-72(38-22-64)88(77-47-55-81(91-9)56-48-77)78-49-57-82(92-10)58-50-78/h11-49,51-58,78H,50H2,1-10H3. The van der Waals surface area contributed by atoms with Gasteiger partial charge in [-0.2, -0.15) is 0 Å². The molecule has 11 aromatic rings. The molecule has 0 amide bonds. The molecule has 0 saturated heterocycles. The van der Waals surface area contributed by atoms with Gasteiger partial charge in [-0.05, 0) is 244 Å². The molecule has 92 heavy (non-hydrogen) atoms. The highest BCUT2D eigenvalue weighted by atomic mass is 16.5. The van der Waals surface area contributed by atoms with Gasteiger partial charge in [0.1, 0.15) is 23.0 Å². The number of hydrogen-bond donors (Lipinski definition) is 0. The summed E-state index contributed by atoms with van der Waals surface area (Å²) in [7, 11) is 6.80. The van der Waals surface area contributed by atoms with Crippen LogP contribution in [0.4, 0.5) is 62.6 Å². The van der Waals surface area contributed by atoms with Crippen molar-refractivity contribution < 1.29 is 18.9 Å². The van der Waals surface area contributed by atoms with Crippen LogP contribution in [0.1, 0.15) is 59.1 Å². The quantitative estimate of drug-likeness (QED) is 0.0794. The fraction of sp³-hybridized carbons (Fsp3) is 0.167. The molecule has 8 nitrogen and oxygen atoms in total. The molecule has 1 aliphatic carbocycles. The lowest BCUT2D eigenvalue weighted by molar-refractivity contribution is 0.303. The maximum Gasteiger partial charge on any atom is 0.119 e. The molecule has 11 aromatic carbocycles. The number of hydrogen-bond acceptors (Lipinski definition) is 8. The van der Waals surface area contributed by atoms with Crippen LogP contribution in [0, 0.1) is 0 Å². The van der Waals surface area contributed by atoms with Gasteiger partial charge in [0.15, 0.2) is 0 Å². The molecule has 0 aliphatic heterocycles. The summed E-state index contributed by atoms with van der Waals surface area (Å²) in [5.41, 5.74) is 21.2. The number of allylic oxidation sites excluding steroid dienone is 1. The summed E-state index contributed by atoms with van der Waals surface area (Å²) in [6.07, 6.45) is 7.26. The second-order valence-electron chi connectivity index (χ2n) is 25.3. The maximum absolute atomic E-state index is 5.54. The fourth-order valence-electron chi connectivity index (χ4n) is 12.1. The molecule has 1 atom stereocenters. The first-order valence-corrected chi connectivity index (χ1v) is 31.5. The first kappa shape index (κ1) is 61.5. The van der Waals surface area contributed by atoms with E-state index < -0.39 is 0 Å². The Labute approximate surface area is 544 Å². The van der Waals surface area contributed by atoms with Gasteiger partial charge in [-0.1, -0.05) is 145 Å². The molecule has 0 radical (unpaired) electrons. The average molecular weight is 1210 g/mol. The second-order valence-corrected chi connectivity index (χ2v) is 25.3. The van der Waals surface area contributed by atoms with Crippen molar-refractivity contribution in [1.82, 2.24) is 0 Å². The van der Waals surface area contributed by atoms with Crippen LogP contribution in [0.15, 0.2) is 291 Å². The van der Waals surface area contributed by atoms with Gasteiger partial charge >= 0.3 is 0 Å². The van der Waals surface area contributed by atoms with E-state index in [2.05, 4.69) is 310 Å². The second kappa shape index (κ2) is 26.8. The van der Waals surface area contributed by atoms with E-state index in [4.69, 9.17) is 18.9 Å². The Kier molecular flexibility index (Phi) is 17.9. The van der Waals surface area contributed by atoms with Crippen molar-refractivity contribution in [1.29, 1.82) is 0 Å². The fourth-order valence-corrected chi connectivity index (χ4v) is 12.1. The van der Waals surface area contributed by atoms with E-state index in [0.29, 0.717) is 0 Å². The lowest BCUT2D eigenvalue weighted by Gasteiger charge is -2.33. The molecule has 0 aromatic heterocycles. The van der Waals surface area contributed by atoms with Crippen molar-refractivity contribution >= 4 is 62.6 Å². The summed E-state index contributed by atoms with van der Waals surface area (Å²) >= 11 is 0. The molecule has 460 valence electrons. The number of methoxy groups -OCH3 is 4. The molecular formula is C84H80N4O4. The van der Waals surface area contributed by atoms with E-state index in [9.17, 15) is 0 Å². The number of anilines is 11. The number of rotatable bonds is 19. The van der Waals surface area contributed by atoms with Gasteiger partial charge in [-0.25, -0.2) is 0 Å². The van der Waals surface area contributed by atoms with Crippen LogP contribution in [0.2, 0.25) is 0 Å². The van der Waals surface area contributed by atoms with Crippen LogP contribution >= 0.6 is 0 Å². The highest BCUT2D eigenvalue weighted by molar-refractivity contribution is 5.84. The van der Waals surface area contributed by atoms with E-state index >= 15 is 0 Å². The first-order chi connectivity index (χ1) is 44.6.